The molecule has 0 amide bonds. The van der Waals surface area contributed by atoms with Crippen LogP contribution in [0.3, 0.4) is 0 Å². The molecule has 13 heavy (non-hydrogen) atoms. The number of hydrogen-bond donors (Lipinski definition) is 1. The molecule has 0 bridgehead atoms. The maximum absolute atomic E-state index is 11.1. The van der Waals surface area contributed by atoms with Crippen LogP contribution in [0, 0.1) is 0 Å². The Hall–Kier alpha value is -1.09. The molecule has 0 saturated heterocycles. The van der Waals surface area contributed by atoms with Crippen LogP contribution in [0.1, 0.15) is 20.3 Å². The Bertz CT molecular complexity index is 208. The summed E-state index contributed by atoms with van der Waals surface area (Å²) in [5.74, 6) is -0.502. The highest BCUT2D eigenvalue weighted by Gasteiger charge is 2.18. The fraction of sp³-hybridized carbons (Fsp3) is 0.500. The van der Waals surface area contributed by atoms with Crippen molar-refractivity contribution < 1.29 is 14.6 Å². The second-order valence-electron chi connectivity index (χ2n) is 2.86. The second kappa shape index (κ2) is 5.54. The van der Waals surface area contributed by atoms with Gasteiger partial charge in [0, 0.05) is 5.57 Å². The van der Waals surface area contributed by atoms with Crippen molar-refractivity contribution in [2.45, 2.75) is 32.5 Å². The molecule has 0 aliphatic heterocycles. The van der Waals surface area contributed by atoms with Gasteiger partial charge in [-0.2, -0.15) is 0 Å². The summed E-state index contributed by atoms with van der Waals surface area (Å²) in [6, 6.07) is 0. The predicted molar refractivity (Wildman–Crippen MR) is 51.2 cm³/mol. The average molecular weight is 184 g/mol. The van der Waals surface area contributed by atoms with Gasteiger partial charge in [-0.05, 0) is 19.4 Å². The second-order valence-corrected chi connectivity index (χ2v) is 2.86. The summed E-state index contributed by atoms with van der Waals surface area (Å²) in [5.41, 5.74) is 0.315. The van der Waals surface area contributed by atoms with Gasteiger partial charge in [0.05, 0.1) is 6.10 Å². The van der Waals surface area contributed by atoms with Crippen LogP contribution in [-0.4, -0.2) is 23.3 Å². The Labute approximate surface area is 78.7 Å². The average Bonchev–Trinajstić information content (AvgIpc) is 2.12. The number of carbonyl (C=O) groups is 1. The normalized spacial score (nSPS) is 14.4. The minimum atomic E-state index is -0.694. The summed E-state index contributed by atoms with van der Waals surface area (Å²) in [4.78, 5) is 11.1. The lowest BCUT2D eigenvalue weighted by atomic mass is 10.1. The van der Waals surface area contributed by atoms with Gasteiger partial charge in [0.2, 0.25) is 0 Å². The van der Waals surface area contributed by atoms with Crippen LogP contribution < -0.4 is 0 Å². The number of carbonyl (C=O) groups excluding carboxylic acids is 1. The first-order valence-electron chi connectivity index (χ1n) is 4.20. The third-order valence-electron chi connectivity index (χ3n) is 1.62. The van der Waals surface area contributed by atoms with Gasteiger partial charge >= 0.3 is 5.97 Å². The van der Waals surface area contributed by atoms with Crippen LogP contribution >= 0.6 is 0 Å². The van der Waals surface area contributed by atoms with Crippen molar-refractivity contribution in [3.05, 3.63) is 24.8 Å². The largest absolute Gasteiger partial charge is 0.452 e. The van der Waals surface area contributed by atoms with E-state index < -0.39 is 18.2 Å². The SMILES string of the molecule is C=CC(OC(=O)C(=C)C)C(O)CC. The molecular formula is C10H16O3. The lowest BCUT2D eigenvalue weighted by Gasteiger charge is -2.18. The Balaban J connectivity index is 4.20. The van der Waals surface area contributed by atoms with E-state index in [0.29, 0.717) is 12.0 Å². The Morgan fingerprint density at radius 3 is 2.54 bits per heavy atom. The van der Waals surface area contributed by atoms with Gasteiger partial charge in [-0.3, -0.25) is 0 Å². The minimum absolute atomic E-state index is 0.315. The monoisotopic (exact) mass is 184 g/mol. The quantitative estimate of drug-likeness (QED) is 0.399. The molecule has 3 nitrogen and oxygen atoms in total. The molecule has 0 aliphatic rings. The van der Waals surface area contributed by atoms with E-state index in [1.165, 1.54) is 6.08 Å². The number of rotatable bonds is 5. The Morgan fingerprint density at radius 1 is 1.69 bits per heavy atom. The van der Waals surface area contributed by atoms with Crippen molar-refractivity contribution >= 4 is 5.97 Å². The summed E-state index contributed by atoms with van der Waals surface area (Å²) in [5, 5.41) is 9.37. The maximum Gasteiger partial charge on any atom is 0.333 e. The predicted octanol–water partition coefficient (Wildman–Crippen LogP) is 1.43. The third kappa shape index (κ3) is 3.90. The summed E-state index contributed by atoms with van der Waals surface area (Å²) in [7, 11) is 0. The van der Waals surface area contributed by atoms with Crippen LogP contribution in [0.4, 0.5) is 0 Å². The molecule has 0 heterocycles. The molecule has 0 fully saturated rings. The minimum Gasteiger partial charge on any atom is -0.452 e. The van der Waals surface area contributed by atoms with Crippen LogP contribution in [0.5, 0.6) is 0 Å². The van der Waals surface area contributed by atoms with Crippen LogP contribution in [-0.2, 0) is 9.53 Å². The smallest absolute Gasteiger partial charge is 0.333 e. The molecule has 0 aromatic carbocycles. The molecule has 0 aliphatic carbocycles. The fourth-order valence-electron chi connectivity index (χ4n) is 0.740. The standard InChI is InChI=1S/C10H16O3/c1-5-8(11)9(6-2)13-10(12)7(3)4/h6,8-9,11H,2-3,5H2,1,4H3. The van der Waals surface area contributed by atoms with Gasteiger partial charge in [0.25, 0.3) is 0 Å². The number of esters is 1. The fourth-order valence-corrected chi connectivity index (χ4v) is 0.740. The summed E-state index contributed by atoms with van der Waals surface area (Å²) in [6.45, 7) is 10.3. The van der Waals surface area contributed by atoms with E-state index in [0.717, 1.165) is 0 Å². The molecular weight excluding hydrogens is 168 g/mol. The van der Waals surface area contributed by atoms with Crippen molar-refractivity contribution in [2.75, 3.05) is 0 Å². The summed E-state index contributed by atoms with van der Waals surface area (Å²) >= 11 is 0. The van der Waals surface area contributed by atoms with Crippen LogP contribution in [0.25, 0.3) is 0 Å². The zero-order valence-corrected chi connectivity index (χ0v) is 8.12. The molecule has 2 atom stereocenters. The first-order chi connectivity index (χ1) is 6.02. The van der Waals surface area contributed by atoms with Crippen molar-refractivity contribution in [1.29, 1.82) is 0 Å². The lowest BCUT2D eigenvalue weighted by Crippen LogP contribution is -2.29. The maximum atomic E-state index is 11.1. The third-order valence-corrected chi connectivity index (χ3v) is 1.62. The van der Waals surface area contributed by atoms with Gasteiger partial charge < -0.3 is 9.84 Å². The van der Waals surface area contributed by atoms with E-state index >= 15 is 0 Å². The van der Waals surface area contributed by atoms with Gasteiger partial charge in [-0.25, -0.2) is 4.79 Å². The van der Waals surface area contributed by atoms with Gasteiger partial charge in [0.15, 0.2) is 0 Å². The molecule has 2 unspecified atom stereocenters. The van der Waals surface area contributed by atoms with E-state index in [1.807, 2.05) is 0 Å². The van der Waals surface area contributed by atoms with Gasteiger partial charge in [-0.15, -0.1) is 0 Å². The van der Waals surface area contributed by atoms with Crippen molar-refractivity contribution in [3.8, 4) is 0 Å². The highest BCUT2D eigenvalue weighted by molar-refractivity contribution is 5.87. The summed E-state index contributed by atoms with van der Waals surface area (Å²) < 4.78 is 4.91. The molecule has 0 rings (SSSR count). The van der Waals surface area contributed by atoms with Crippen molar-refractivity contribution in [1.82, 2.24) is 0 Å². The van der Waals surface area contributed by atoms with E-state index in [1.54, 1.807) is 13.8 Å². The first-order valence-corrected chi connectivity index (χ1v) is 4.20. The number of ether oxygens (including phenoxy) is 1. The highest BCUT2D eigenvalue weighted by Crippen LogP contribution is 2.07. The Morgan fingerprint density at radius 2 is 2.23 bits per heavy atom. The molecule has 0 aromatic rings. The lowest BCUT2D eigenvalue weighted by molar-refractivity contribution is -0.146. The zero-order chi connectivity index (χ0) is 10.4. The van der Waals surface area contributed by atoms with E-state index in [4.69, 9.17) is 4.74 Å². The number of aliphatic hydroxyl groups excluding tert-OH is 1. The zero-order valence-electron chi connectivity index (χ0n) is 8.12. The van der Waals surface area contributed by atoms with Gasteiger partial charge in [-0.1, -0.05) is 20.1 Å². The topological polar surface area (TPSA) is 46.5 Å². The van der Waals surface area contributed by atoms with Crippen LogP contribution in [0.2, 0.25) is 0 Å². The van der Waals surface area contributed by atoms with Crippen molar-refractivity contribution in [3.63, 3.8) is 0 Å². The molecule has 0 aromatic heterocycles. The molecule has 0 spiro atoms. The summed E-state index contributed by atoms with van der Waals surface area (Å²) in [6.07, 6.45) is 0.588. The van der Waals surface area contributed by atoms with Gasteiger partial charge in [0.1, 0.15) is 6.10 Å². The number of hydrogen-bond acceptors (Lipinski definition) is 3. The van der Waals surface area contributed by atoms with E-state index in [9.17, 15) is 9.90 Å². The van der Waals surface area contributed by atoms with E-state index in [2.05, 4.69) is 13.2 Å². The molecule has 1 N–H and O–H groups in total. The first kappa shape index (κ1) is 11.9. The molecule has 0 radical (unpaired) electrons. The van der Waals surface area contributed by atoms with Crippen molar-refractivity contribution in [2.24, 2.45) is 0 Å². The number of aliphatic hydroxyl groups is 1. The molecule has 0 saturated carbocycles. The Kier molecular flexibility index (Phi) is 5.07. The molecule has 74 valence electrons. The molecule has 3 heteroatoms. The van der Waals surface area contributed by atoms with E-state index in [-0.39, 0.29) is 0 Å². The van der Waals surface area contributed by atoms with Crippen LogP contribution in [0.15, 0.2) is 24.8 Å². The highest BCUT2D eigenvalue weighted by atomic mass is 16.6.